The number of rotatable bonds is 5. The first-order valence-corrected chi connectivity index (χ1v) is 5.93. The van der Waals surface area contributed by atoms with Crippen molar-refractivity contribution < 1.29 is 19.4 Å². The molecule has 3 N–H and O–H groups in total. The number of terminal acetylenes is 1. The summed E-state index contributed by atoms with van der Waals surface area (Å²) in [6.45, 7) is 0. The number of aliphatic carboxylic acids is 1. The minimum Gasteiger partial charge on any atom is -0.495 e. The van der Waals surface area contributed by atoms with Gasteiger partial charge in [-0.15, -0.1) is 12.3 Å². The van der Waals surface area contributed by atoms with Crippen molar-refractivity contribution in [3.63, 3.8) is 0 Å². The topological polar surface area (TPSA) is 87.7 Å². The molecular formula is C13H13ClN2O4. The van der Waals surface area contributed by atoms with E-state index in [1.165, 1.54) is 13.2 Å². The Bertz CT molecular complexity index is 554. The third-order valence-corrected chi connectivity index (χ3v) is 2.65. The van der Waals surface area contributed by atoms with Crippen LogP contribution in [0.25, 0.3) is 0 Å². The summed E-state index contributed by atoms with van der Waals surface area (Å²) in [6.07, 6.45) is 4.93. The van der Waals surface area contributed by atoms with E-state index in [1.807, 2.05) is 0 Å². The van der Waals surface area contributed by atoms with Gasteiger partial charge in [-0.1, -0.05) is 11.6 Å². The van der Waals surface area contributed by atoms with Gasteiger partial charge in [0.05, 0.1) is 12.1 Å². The molecule has 1 aromatic carbocycles. The number of halogens is 1. The zero-order valence-corrected chi connectivity index (χ0v) is 11.4. The number of nitrogens with one attached hydrogen (secondary N) is 2. The number of amides is 2. The summed E-state index contributed by atoms with van der Waals surface area (Å²) < 4.78 is 5.00. The van der Waals surface area contributed by atoms with Gasteiger partial charge in [0.25, 0.3) is 0 Å². The van der Waals surface area contributed by atoms with Crippen LogP contribution in [0.4, 0.5) is 10.5 Å². The number of anilines is 1. The Hall–Kier alpha value is -2.39. The van der Waals surface area contributed by atoms with Gasteiger partial charge < -0.3 is 20.5 Å². The van der Waals surface area contributed by atoms with Crippen molar-refractivity contribution in [2.24, 2.45) is 0 Å². The average Bonchev–Trinajstić information content (AvgIpc) is 2.40. The molecule has 20 heavy (non-hydrogen) atoms. The summed E-state index contributed by atoms with van der Waals surface area (Å²) in [6, 6.07) is 2.79. The molecule has 0 saturated heterocycles. The minimum atomic E-state index is -1.20. The first-order chi connectivity index (χ1) is 9.47. The van der Waals surface area contributed by atoms with Crippen molar-refractivity contribution in [2.75, 3.05) is 12.4 Å². The molecule has 6 nitrogen and oxygen atoms in total. The quantitative estimate of drug-likeness (QED) is 0.725. The molecule has 1 atom stereocenters. The van der Waals surface area contributed by atoms with Crippen molar-refractivity contribution in [1.82, 2.24) is 5.32 Å². The van der Waals surface area contributed by atoms with Gasteiger partial charge in [-0.05, 0) is 12.1 Å². The maximum Gasteiger partial charge on any atom is 0.327 e. The van der Waals surface area contributed by atoms with Gasteiger partial charge in [-0.25, -0.2) is 9.59 Å². The summed E-state index contributed by atoms with van der Waals surface area (Å²) >= 11 is 5.85. The van der Waals surface area contributed by atoms with Gasteiger partial charge in [-0.3, -0.25) is 0 Å². The van der Waals surface area contributed by atoms with E-state index in [2.05, 4.69) is 16.6 Å². The average molecular weight is 297 g/mol. The van der Waals surface area contributed by atoms with Crippen LogP contribution in [0.15, 0.2) is 18.2 Å². The molecule has 1 unspecified atom stereocenters. The number of urea groups is 1. The summed E-state index contributed by atoms with van der Waals surface area (Å²) in [5.74, 6) is 1.37. The number of carbonyl (C=O) groups is 2. The highest BCUT2D eigenvalue weighted by molar-refractivity contribution is 6.32. The van der Waals surface area contributed by atoms with Crippen LogP contribution in [-0.4, -0.2) is 30.3 Å². The van der Waals surface area contributed by atoms with E-state index in [0.29, 0.717) is 16.5 Å². The molecule has 0 spiro atoms. The molecule has 7 heteroatoms. The normalized spacial score (nSPS) is 11.1. The Morgan fingerprint density at radius 1 is 1.55 bits per heavy atom. The van der Waals surface area contributed by atoms with Crippen LogP contribution in [0.5, 0.6) is 5.75 Å². The fourth-order valence-corrected chi connectivity index (χ4v) is 1.58. The maximum atomic E-state index is 11.7. The smallest absolute Gasteiger partial charge is 0.327 e. The second-order valence-corrected chi connectivity index (χ2v) is 4.15. The highest BCUT2D eigenvalue weighted by Crippen LogP contribution is 2.27. The zero-order chi connectivity index (χ0) is 15.1. The van der Waals surface area contributed by atoms with Crippen LogP contribution in [0.3, 0.4) is 0 Å². The van der Waals surface area contributed by atoms with Crippen LogP contribution >= 0.6 is 11.6 Å². The summed E-state index contributed by atoms with van der Waals surface area (Å²) in [5.41, 5.74) is 0.411. The monoisotopic (exact) mass is 296 g/mol. The second kappa shape index (κ2) is 7.26. The number of hydrogen-bond donors (Lipinski definition) is 3. The Morgan fingerprint density at radius 2 is 2.25 bits per heavy atom. The third kappa shape index (κ3) is 4.37. The molecule has 0 bridgehead atoms. The minimum absolute atomic E-state index is 0.104. The molecular weight excluding hydrogens is 284 g/mol. The molecule has 0 radical (unpaired) electrons. The number of benzene rings is 1. The Kier molecular flexibility index (Phi) is 5.69. The van der Waals surface area contributed by atoms with E-state index in [9.17, 15) is 9.59 Å². The van der Waals surface area contributed by atoms with Gasteiger partial charge in [0.2, 0.25) is 0 Å². The van der Waals surface area contributed by atoms with E-state index < -0.39 is 18.0 Å². The molecule has 0 aliphatic carbocycles. The van der Waals surface area contributed by atoms with E-state index in [1.54, 1.807) is 12.1 Å². The highest BCUT2D eigenvalue weighted by atomic mass is 35.5. The molecule has 1 rings (SSSR count). The van der Waals surface area contributed by atoms with Crippen LogP contribution in [0, 0.1) is 12.3 Å². The predicted octanol–water partition coefficient (Wildman–Crippen LogP) is 1.95. The molecule has 0 fully saturated rings. The van der Waals surface area contributed by atoms with Gasteiger partial charge >= 0.3 is 12.0 Å². The zero-order valence-electron chi connectivity index (χ0n) is 10.6. The number of hydrogen-bond acceptors (Lipinski definition) is 3. The molecule has 106 valence electrons. The predicted molar refractivity (Wildman–Crippen MR) is 75.0 cm³/mol. The standard InChI is InChI=1S/C13H13ClN2O4/c1-3-4-10(12(17)18)16-13(19)15-8-5-6-9(14)11(7-8)20-2/h1,5-7,10H,4H2,2H3,(H,17,18)(H2,15,16,19). The van der Waals surface area contributed by atoms with Gasteiger partial charge in [0, 0.05) is 18.2 Å². The lowest BCUT2D eigenvalue weighted by Gasteiger charge is -2.13. The molecule has 0 heterocycles. The van der Waals surface area contributed by atoms with Crippen LogP contribution < -0.4 is 15.4 Å². The van der Waals surface area contributed by atoms with E-state index in [0.717, 1.165) is 0 Å². The lowest BCUT2D eigenvalue weighted by molar-refractivity contribution is -0.139. The molecule has 0 aliphatic rings. The highest BCUT2D eigenvalue weighted by Gasteiger charge is 2.18. The number of ether oxygens (including phenoxy) is 1. The Morgan fingerprint density at radius 3 is 2.80 bits per heavy atom. The van der Waals surface area contributed by atoms with Gasteiger partial charge in [-0.2, -0.15) is 0 Å². The number of methoxy groups -OCH3 is 1. The van der Waals surface area contributed by atoms with E-state index in [-0.39, 0.29) is 6.42 Å². The van der Waals surface area contributed by atoms with Crippen molar-refractivity contribution in [2.45, 2.75) is 12.5 Å². The largest absolute Gasteiger partial charge is 0.495 e. The van der Waals surface area contributed by atoms with Crippen molar-refractivity contribution >= 4 is 29.3 Å². The Balaban J connectivity index is 2.71. The summed E-state index contributed by atoms with van der Waals surface area (Å²) in [5, 5.41) is 14.0. The fourth-order valence-electron chi connectivity index (χ4n) is 1.38. The third-order valence-electron chi connectivity index (χ3n) is 2.33. The number of carboxylic acid groups (broad SMARTS) is 1. The molecule has 0 saturated carbocycles. The molecule has 0 aromatic heterocycles. The second-order valence-electron chi connectivity index (χ2n) is 3.75. The maximum absolute atomic E-state index is 11.7. The van der Waals surface area contributed by atoms with Crippen molar-refractivity contribution in [1.29, 1.82) is 0 Å². The molecule has 1 aromatic rings. The van der Waals surface area contributed by atoms with Crippen LogP contribution in [-0.2, 0) is 4.79 Å². The van der Waals surface area contributed by atoms with Crippen molar-refractivity contribution in [3.05, 3.63) is 23.2 Å². The molecule has 2 amide bonds. The van der Waals surface area contributed by atoms with E-state index in [4.69, 9.17) is 27.9 Å². The lowest BCUT2D eigenvalue weighted by atomic mass is 10.2. The Labute approximate surface area is 121 Å². The molecule has 0 aliphatic heterocycles. The van der Waals surface area contributed by atoms with E-state index >= 15 is 0 Å². The van der Waals surface area contributed by atoms with Gasteiger partial charge in [0.1, 0.15) is 11.8 Å². The number of carboxylic acids is 1. The lowest BCUT2D eigenvalue weighted by Crippen LogP contribution is -2.42. The number of carbonyl (C=O) groups excluding carboxylic acids is 1. The summed E-state index contributed by atoms with van der Waals surface area (Å²) in [4.78, 5) is 22.5. The SMILES string of the molecule is C#CCC(NC(=O)Nc1ccc(Cl)c(OC)c1)C(=O)O. The first-order valence-electron chi connectivity index (χ1n) is 5.55. The first kappa shape index (κ1) is 15.7. The van der Waals surface area contributed by atoms with Crippen LogP contribution in [0.2, 0.25) is 5.02 Å². The fraction of sp³-hybridized carbons (Fsp3) is 0.231. The van der Waals surface area contributed by atoms with Gasteiger partial charge in [0.15, 0.2) is 0 Å². The van der Waals surface area contributed by atoms with Crippen LogP contribution in [0.1, 0.15) is 6.42 Å². The van der Waals surface area contributed by atoms with Crippen molar-refractivity contribution in [3.8, 4) is 18.1 Å². The summed E-state index contributed by atoms with van der Waals surface area (Å²) in [7, 11) is 1.44.